The Morgan fingerprint density at radius 1 is 0.833 bits per heavy atom. The molecule has 0 aliphatic carbocycles. The molecule has 2 atom stereocenters. The molecule has 1 fully saturated rings. The Kier molecular flexibility index (Phi) is 6.06. The third-order valence-corrected chi connectivity index (χ3v) is 5.45. The molecule has 0 radical (unpaired) electrons. The molecule has 0 N–H and O–H groups in total. The van der Waals surface area contributed by atoms with Crippen LogP contribution in [0.15, 0.2) is 60.7 Å². The summed E-state index contributed by atoms with van der Waals surface area (Å²) < 4.78 is 0. The average Bonchev–Trinajstić information content (AvgIpc) is 2.67. The van der Waals surface area contributed by atoms with Crippen molar-refractivity contribution in [2.24, 2.45) is 0 Å². The standard InChI is InChI=1S/C22H30N2/c1-19(20-12-6-3-7-13-20)23(2)22(21-14-8-4-9-15-21)18-24-16-10-5-11-17-24/h3-4,6-9,12-15,19,22H,5,10-11,16-18H2,1-2H3/t19-,22+/m1/s1. The Balaban J connectivity index is 1.80. The van der Waals surface area contributed by atoms with Crippen molar-refractivity contribution in [3.05, 3.63) is 71.8 Å². The number of hydrogen-bond donors (Lipinski definition) is 0. The SMILES string of the molecule is C[C@H](c1ccccc1)N(C)[C@@H](CN1CCCCC1)c1ccccc1. The lowest BCUT2D eigenvalue weighted by molar-refractivity contribution is 0.118. The van der Waals surface area contributed by atoms with Gasteiger partial charge in [0.15, 0.2) is 0 Å². The normalized spacial score (nSPS) is 18.5. The van der Waals surface area contributed by atoms with Crippen LogP contribution in [0.25, 0.3) is 0 Å². The van der Waals surface area contributed by atoms with Crippen LogP contribution in [0.3, 0.4) is 0 Å². The van der Waals surface area contributed by atoms with Crippen molar-refractivity contribution in [2.75, 3.05) is 26.7 Å². The Labute approximate surface area is 147 Å². The predicted molar refractivity (Wildman–Crippen MR) is 102 cm³/mol. The van der Waals surface area contributed by atoms with Gasteiger partial charge in [-0.15, -0.1) is 0 Å². The maximum absolute atomic E-state index is 2.65. The zero-order valence-corrected chi connectivity index (χ0v) is 15.1. The van der Waals surface area contributed by atoms with Crippen molar-refractivity contribution in [1.29, 1.82) is 0 Å². The van der Waals surface area contributed by atoms with E-state index in [4.69, 9.17) is 0 Å². The van der Waals surface area contributed by atoms with Crippen LogP contribution in [0, 0.1) is 0 Å². The zero-order chi connectivity index (χ0) is 16.8. The molecule has 1 saturated heterocycles. The summed E-state index contributed by atoms with van der Waals surface area (Å²) >= 11 is 0. The summed E-state index contributed by atoms with van der Waals surface area (Å²) in [6.45, 7) is 5.94. The maximum Gasteiger partial charge on any atom is 0.0478 e. The van der Waals surface area contributed by atoms with Gasteiger partial charge in [-0.1, -0.05) is 67.1 Å². The minimum absolute atomic E-state index is 0.404. The van der Waals surface area contributed by atoms with E-state index in [1.54, 1.807) is 0 Å². The van der Waals surface area contributed by atoms with Gasteiger partial charge in [0.1, 0.15) is 0 Å². The second-order valence-corrected chi connectivity index (χ2v) is 7.04. The summed E-state index contributed by atoms with van der Waals surface area (Å²) in [5.41, 5.74) is 2.81. The Hall–Kier alpha value is -1.64. The first-order valence-corrected chi connectivity index (χ1v) is 9.30. The highest BCUT2D eigenvalue weighted by Gasteiger charge is 2.25. The molecule has 3 rings (SSSR count). The lowest BCUT2D eigenvalue weighted by Crippen LogP contribution is -2.39. The molecule has 128 valence electrons. The first kappa shape index (κ1) is 17.2. The molecule has 1 aliphatic heterocycles. The maximum atomic E-state index is 2.65. The molecular weight excluding hydrogens is 292 g/mol. The highest BCUT2D eigenvalue weighted by molar-refractivity contribution is 5.22. The molecule has 0 spiro atoms. The summed E-state index contributed by atoms with van der Waals surface area (Å²) in [6, 6.07) is 22.7. The van der Waals surface area contributed by atoms with Crippen molar-refractivity contribution in [1.82, 2.24) is 9.80 Å². The lowest BCUT2D eigenvalue weighted by Gasteiger charge is -2.38. The molecule has 0 bridgehead atoms. The molecule has 2 aromatic carbocycles. The Morgan fingerprint density at radius 2 is 1.38 bits per heavy atom. The first-order chi connectivity index (χ1) is 11.8. The van der Waals surface area contributed by atoms with Crippen LogP contribution in [0.5, 0.6) is 0 Å². The molecule has 0 unspecified atom stereocenters. The monoisotopic (exact) mass is 322 g/mol. The van der Waals surface area contributed by atoms with Crippen LogP contribution < -0.4 is 0 Å². The van der Waals surface area contributed by atoms with Crippen molar-refractivity contribution < 1.29 is 0 Å². The molecule has 1 heterocycles. The summed E-state index contributed by atoms with van der Waals surface area (Å²) in [4.78, 5) is 5.19. The molecule has 1 aliphatic rings. The van der Waals surface area contributed by atoms with E-state index in [0.717, 1.165) is 6.54 Å². The van der Waals surface area contributed by atoms with Crippen LogP contribution in [0.4, 0.5) is 0 Å². The fourth-order valence-corrected chi connectivity index (χ4v) is 3.77. The van der Waals surface area contributed by atoms with Gasteiger partial charge in [0.25, 0.3) is 0 Å². The Bertz CT molecular complexity index is 590. The fraction of sp³-hybridized carbons (Fsp3) is 0.455. The van der Waals surface area contributed by atoms with Crippen LogP contribution >= 0.6 is 0 Å². The lowest BCUT2D eigenvalue weighted by atomic mass is 9.99. The molecule has 0 saturated carbocycles. The van der Waals surface area contributed by atoms with Gasteiger partial charge in [0.2, 0.25) is 0 Å². The highest BCUT2D eigenvalue weighted by atomic mass is 15.2. The first-order valence-electron chi connectivity index (χ1n) is 9.30. The fourth-order valence-electron chi connectivity index (χ4n) is 3.77. The summed E-state index contributed by atoms with van der Waals surface area (Å²) in [5.74, 6) is 0. The van der Waals surface area contributed by atoms with Gasteiger partial charge in [0, 0.05) is 18.6 Å². The molecular formula is C22H30N2. The number of rotatable bonds is 6. The smallest absolute Gasteiger partial charge is 0.0478 e. The average molecular weight is 322 g/mol. The van der Waals surface area contributed by atoms with Crippen LogP contribution in [0.2, 0.25) is 0 Å². The second-order valence-electron chi connectivity index (χ2n) is 7.04. The van der Waals surface area contributed by atoms with Gasteiger partial charge in [-0.2, -0.15) is 0 Å². The number of piperidine rings is 1. The summed E-state index contributed by atoms with van der Waals surface area (Å²) in [5, 5.41) is 0. The van der Waals surface area contributed by atoms with Gasteiger partial charge in [-0.3, -0.25) is 4.90 Å². The van der Waals surface area contributed by atoms with Crippen molar-refractivity contribution in [2.45, 2.75) is 38.3 Å². The number of likely N-dealkylation sites (tertiary alicyclic amines) is 1. The molecule has 0 amide bonds. The molecule has 24 heavy (non-hydrogen) atoms. The second kappa shape index (κ2) is 8.46. The van der Waals surface area contributed by atoms with E-state index in [0.29, 0.717) is 12.1 Å². The van der Waals surface area contributed by atoms with Crippen molar-refractivity contribution in [3.63, 3.8) is 0 Å². The molecule has 2 aromatic rings. The minimum Gasteiger partial charge on any atom is -0.301 e. The van der Waals surface area contributed by atoms with E-state index in [2.05, 4.69) is 84.4 Å². The quantitative estimate of drug-likeness (QED) is 0.746. The molecule has 0 aromatic heterocycles. The van der Waals surface area contributed by atoms with Crippen LogP contribution in [-0.4, -0.2) is 36.5 Å². The van der Waals surface area contributed by atoms with Gasteiger partial charge >= 0.3 is 0 Å². The molecule has 2 heteroatoms. The van der Waals surface area contributed by atoms with Crippen LogP contribution in [-0.2, 0) is 0 Å². The van der Waals surface area contributed by atoms with E-state index in [9.17, 15) is 0 Å². The number of likely N-dealkylation sites (N-methyl/N-ethyl adjacent to an activating group) is 1. The largest absolute Gasteiger partial charge is 0.301 e. The third kappa shape index (κ3) is 4.25. The number of benzene rings is 2. The van der Waals surface area contributed by atoms with E-state index < -0.39 is 0 Å². The van der Waals surface area contributed by atoms with Gasteiger partial charge in [-0.05, 0) is 51.0 Å². The van der Waals surface area contributed by atoms with Crippen molar-refractivity contribution >= 4 is 0 Å². The van der Waals surface area contributed by atoms with Crippen molar-refractivity contribution in [3.8, 4) is 0 Å². The van der Waals surface area contributed by atoms with E-state index in [1.165, 1.54) is 43.5 Å². The Morgan fingerprint density at radius 3 is 1.96 bits per heavy atom. The minimum atomic E-state index is 0.404. The van der Waals surface area contributed by atoms with Crippen LogP contribution in [0.1, 0.15) is 49.4 Å². The summed E-state index contributed by atoms with van der Waals surface area (Å²) in [7, 11) is 2.28. The predicted octanol–water partition coefficient (Wildman–Crippen LogP) is 4.91. The molecule has 2 nitrogen and oxygen atoms in total. The highest BCUT2D eigenvalue weighted by Crippen LogP contribution is 2.30. The van der Waals surface area contributed by atoms with E-state index in [1.807, 2.05) is 0 Å². The van der Waals surface area contributed by atoms with E-state index in [-0.39, 0.29) is 0 Å². The third-order valence-electron chi connectivity index (χ3n) is 5.45. The van der Waals surface area contributed by atoms with Gasteiger partial charge < -0.3 is 4.90 Å². The summed E-state index contributed by atoms with van der Waals surface area (Å²) in [6.07, 6.45) is 4.09. The van der Waals surface area contributed by atoms with E-state index >= 15 is 0 Å². The number of nitrogens with zero attached hydrogens (tertiary/aromatic N) is 2. The van der Waals surface area contributed by atoms with Gasteiger partial charge in [-0.25, -0.2) is 0 Å². The topological polar surface area (TPSA) is 6.48 Å². The van der Waals surface area contributed by atoms with Gasteiger partial charge in [0.05, 0.1) is 0 Å². The zero-order valence-electron chi connectivity index (χ0n) is 15.1. The number of hydrogen-bond acceptors (Lipinski definition) is 2.